The third kappa shape index (κ3) is 4.36. The summed E-state index contributed by atoms with van der Waals surface area (Å²) in [4.78, 5) is 0. The van der Waals surface area contributed by atoms with Gasteiger partial charge in [0.1, 0.15) is 24.4 Å². The zero-order valence-corrected chi connectivity index (χ0v) is 14.2. The van der Waals surface area contributed by atoms with E-state index in [1.807, 2.05) is 6.07 Å². The van der Waals surface area contributed by atoms with Crippen LogP contribution in [0.1, 0.15) is 12.8 Å². The van der Waals surface area contributed by atoms with Gasteiger partial charge in [0, 0.05) is 38.7 Å². The predicted octanol–water partition coefficient (Wildman–Crippen LogP) is -1.55. The van der Waals surface area contributed by atoms with E-state index in [9.17, 15) is 20.4 Å². The summed E-state index contributed by atoms with van der Waals surface area (Å²) in [5.41, 5.74) is 0.326. The molecular formula is C16H25NO8. The minimum absolute atomic E-state index is 0.00451. The van der Waals surface area contributed by atoms with Gasteiger partial charge in [-0.2, -0.15) is 5.26 Å². The van der Waals surface area contributed by atoms with Crippen LogP contribution in [0.2, 0.25) is 0 Å². The molecular weight excluding hydrogens is 334 g/mol. The molecule has 9 nitrogen and oxygen atoms in total. The van der Waals surface area contributed by atoms with Gasteiger partial charge in [0.2, 0.25) is 0 Å². The lowest BCUT2D eigenvalue weighted by Crippen LogP contribution is -2.54. The fourth-order valence-corrected chi connectivity index (χ4v) is 3.30. The second kappa shape index (κ2) is 9.02. The van der Waals surface area contributed by atoms with E-state index in [0.29, 0.717) is 12.0 Å². The molecule has 1 heterocycles. The van der Waals surface area contributed by atoms with E-state index in [1.165, 1.54) is 20.3 Å². The number of rotatable bonds is 5. The van der Waals surface area contributed by atoms with Crippen LogP contribution < -0.4 is 0 Å². The van der Waals surface area contributed by atoms with Crippen molar-refractivity contribution in [3.63, 3.8) is 0 Å². The minimum Gasteiger partial charge on any atom is -0.394 e. The summed E-state index contributed by atoms with van der Waals surface area (Å²) in [6.45, 7) is -0.473. The van der Waals surface area contributed by atoms with Crippen molar-refractivity contribution < 1.29 is 39.4 Å². The van der Waals surface area contributed by atoms with E-state index in [1.54, 1.807) is 0 Å². The number of ether oxygens (including phenoxy) is 4. The zero-order valence-electron chi connectivity index (χ0n) is 14.2. The van der Waals surface area contributed by atoms with Crippen LogP contribution in [0, 0.1) is 11.3 Å². The average molecular weight is 359 g/mol. The Balaban J connectivity index is 2.15. The highest BCUT2D eigenvalue weighted by molar-refractivity contribution is 5.26. The van der Waals surface area contributed by atoms with E-state index < -0.39 is 55.6 Å². The maximum absolute atomic E-state index is 10.5. The maximum atomic E-state index is 10.5. The largest absolute Gasteiger partial charge is 0.394 e. The molecule has 4 N–H and O–H groups in total. The lowest BCUT2D eigenvalue weighted by Gasteiger charge is -2.42. The number of methoxy groups -OCH3 is 2. The van der Waals surface area contributed by atoms with E-state index in [0.717, 1.165) is 0 Å². The molecule has 25 heavy (non-hydrogen) atoms. The van der Waals surface area contributed by atoms with Crippen LogP contribution in [0.4, 0.5) is 0 Å². The Bertz CT molecular complexity index is 507. The first-order chi connectivity index (χ1) is 12.0. The normalized spacial score (nSPS) is 43.8. The topological polar surface area (TPSA) is 142 Å². The van der Waals surface area contributed by atoms with E-state index >= 15 is 0 Å². The molecule has 142 valence electrons. The minimum atomic E-state index is -1.21. The van der Waals surface area contributed by atoms with Crippen LogP contribution in [0.3, 0.4) is 0 Å². The van der Waals surface area contributed by atoms with E-state index in [-0.39, 0.29) is 6.42 Å². The molecule has 2 aliphatic rings. The SMILES string of the molecule is CO[C@H]1[C@@H](OC)C[C@@H](O[C@H]2C[C@@H](O)[C@H](O)[C@@H](CO)O2)/C(=C\C#N)[C@@H]1O. The highest BCUT2D eigenvalue weighted by atomic mass is 16.7. The first-order valence-electron chi connectivity index (χ1n) is 8.07. The number of aliphatic hydroxyl groups is 4. The molecule has 0 radical (unpaired) electrons. The van der Waals surface area contributed by atoms with E-state index in [2.05, 4.69) is 0 Å². The fraction of sp³-hybridized carbons (Fsp3) is 0.812. The third-order valence-corrected chi connectivity index (χ3v) is 4.68. The van der Waals surface area contributed by atoms with Crippen molar-refractivity contribution in [3.05, 3.63) is 11.6 Å². The van der Waals surface area contributed by atoms with Crippen LogP contribution in [0.15, 0.2) is 11.6 Å². The average Bonchev–Trinajstić information content (AvgIpc) is 2.60. The van der Waals surface area contributed by atoms with Crippen molar-refractivity contribution in [3.8, 4) is 6.07 Å². The molecule has 0 aromatic carbocycles. The molecule has 0 unspecified atom stereocenters. The van der Waals surface area contributed by atoms with Gasteiger partial charge >= 0.3 is 0 Å². The molecule has 1 saturated heterocycles. The van der Waals surface area contributed by atoms with Crippen LogP contribution in [0.25, 0.3) is 0 Å². The van der Waals surface area contributed by atoms with Gasteiger partial charge in [0.05, 0.1) is 31.0 Å². The van der Waals surface area contributed by atoms with Gasteiger partial charge in [0.25, 0.3) is 0 Å². The van der Waals surface area contributed by atoms with Gasteiger partial charge in [-0.05, 0) is 0 Å². The summed E-state index contributed by atoms with van der Waals surface area (Å²) >= 11 is 0. The van der Waals surface area contributed by atoms with Crippen molar-refractivity contribution in [1.29, 1.82) is 5.26 Å². The molecule has 0 aromatic rings. The molecule has 2 rings (SSSR count). The Labute approximate surface area is 146 Å². The highest BCUT2D eigenvalue weighted by Gasteiger charge is 2.44. The maximum Gasteiger partial charge on any atom is 0.161 e. The van der Waals surface area contributed by atoms with Crippen molar-refractivity contribution in [1.82, 2.24) is 0 Å². The smallest absolute Gasteiger partial charge is 0.161 e. The number of hydrogen-bond donors (Lipinski definition) is 4. The van der Waals surface area contributed by atoms with Crippen molar-refractivity contribution in [2.24, 2.45) is 0 Å². The summed E-state index contributed by atoms with van der Waals surface area (Å²) in [6, 6.07) is 1.88. The molecule has 0 spiro atoms. The number of hydrogen-bond acceptors (Lipinski definition) is 9. The quantitative estimate of drug-likeness (QED) is 0.429. The Morgan fingerprint density at radius 2 is 1.96 bits per heavy atom. The van der Waals surface area contributed by atoms with Crippen molar-refractivity contribution in [2.45, 2.75) is 61.9 Å². The lowest BCUT2D eigenvalue weighted by molar-refractivity contribution is -0.272. The first-order valence-corrected chi connectivity index (χ1v) is 8.07. The Hall–Kier alpha value is -1.09. The van der Waals surface area contributed by atoms with Crippen LogP contribution in [-0.4, -0.2) is 90.3 Å². The monoisotopic (exact) mass is 359 g/mol. The van der Waals surface area contributed by atoms with E-state index in [4.69, 9.17) is 24.2 Å². The van der Waals surface area contributed by atoms with Gasteiger partial charge in [-0.3, -0.25) is 0 Å². The second-order valence-corrected chi connectivity index (χ2v) is 6.13. The van der Waals surface area contributed by atoms with Crippen molar-refractivity contribution >= 4 is 0 Å². The number of nitrogens with zero attached hydrogens (tertiary/aromatic N) is 1. The number of nitriles is 1. The molecule has 0 amide bonds. The molecule has 8 atom stereocenters. The first kappa shape index (κ1) is 20.2. The van der Waals surface area contributed by atoms with Gasteiger partial charge in [-0.25, -0.2) is 0 Å². The number of aliphatic hydroxyl groups excluding tert-OH is 4. The summed E-state index contributed by atoms with van der Waals surface area (Å²) in [7, 11) is 2.93. The standard InChI is InChI=1S/C16H25NO8/c1-22-11-6-10(8(3-4-17)14(20)16(11)23-2)24-13-5-9(19)15(21)12(7-18)25-13/h3,9-16,18-21H,5-7H2,1-2H3/b8-3+/t9-,10-,11+,12-,13-,14+,15+,16+/m1/s1. The van der Waals surface area contributed by atoms with Crippen LogP contribution in [0.5, 0.6) is 0 Å². The summed E-state index contributed by atoms with van der Waals surface area (Å²) in [5, 5.41) is 48.4. The summed E-state index contributed by atoms with van der Waals surface area (Å²) in [5.74, 6) is 0. The molecule has 1 aliphatic carbocycles. The highest BCUT2D eigenvalue weighted by Crippen LogP contribution is 2.33. The second-order valence-electron chi connectivity index (χ2n) is 6.13. The summed E-state index contributed by atoms with van der Waals surface area (Å²) < 4.78 is 21.9. The van der Waals surface area contributed by atoms with Crippen molar-refractivity contribution in [2.75, 3.05) is 20.8 Å². The molecule has 0 bridgehead atoms. The molecule has 1 saturated carbocycles. The van der Waals surface area contributed by atoms with Gasteiger partial charge in [-0.1, -0.05) is 0 Å². The third-order valence-electron chi connectivity index (χ3n) is 4.68. The van der Waals surface area contributed by atoms with Gasteiger partial charge < -0.3 is 39.4 Å². The number of allylic oxidation sites excluding steroid dienone is 1. The van der Waals surface area contributed by atoms with Crippen LogP contribution in [-0.2, 0) is 18.9 Å². The summed E-state index contributed by atoms with van der Waals surface area (Å²) in [6.07, 6.45) is -5.61. The Kier molecular flexibility index (Phi) is 7.30. The zero-order chi connectivity index (χ0) is 18.6. The van der Waals surface area contributed by atoms with Gasteiger partial charge in [0.15, 0.2) is 6.29 Å². The Morgan fingerprint density at radius 1 is 1.24 bits per heavy atom. The molecule has 1 aliphatic heterocycles. The Morgan fingerprint density at radius 3 is 2.52 bits per heavy atom. The predicted molar refractivity (Wildman–Crippen MR) is 83.2 cm³/mol. The molecule has 2 fully saturated rings. The van der Waals surface area contributed by atoms with Crippen LogP contribution >= 0.6 is 0 Å². The van der Waals surface area contributed by atoms with Gasteiger partial charge in [-0.15, -0.1) is 0 Å². The fourth-order valence-electron chi connectivity index (χ4n) is 3.30. The molecule has 0 aromatic heterocycles. The lowest BCUT2D eigenvalue weighted by atomic mass is 9.84. The molecule has 9 heteroatoms.